The number of aliphatic hydroxyl groups excluding tert-OH is 1. The van der Waals surface area contributed by atoms with Crippen LogP contribution in [0.1, 0.15) is 45.4 Å². The minimum absolute atomic E-state index is 0.0830. The molecule has 10 nitrogen and oxygen atoms in total. The number of likely N-dealkylation sites (tertiary alicyclic amines) is 1. The molecule has 4 aliphatic heterocycles. The van der Waals surface area contributed by atoms with E-state index >= 15 is 0 Å². The summed E-state index contributed by atoms with van der Waals surface area (Å²) in [7, 11) is 0. The van der Waals surface area contributed by atoms with Crippen LogP contribution in [-0.2, 0) is 25.8 Å². The maximum Gasteiger partial charge on any atom is 0.311 e. The summed E-state index contributed by atoms with van der Waals surface area (Å²) in [5, 5.41) is 17.8. The van der Waals surface area contributed by atoms with Gasteiger partial charge in [-0.25, -0.2) is 4.68 Å². The number of nitrogens with zero attached hydrogens (tertiary/aromatic N) is 5. The van der Waals surface area contributed by atoms with Gasteiger partial charge in [-0.3, -0.25) is 14.4 Å². The minimum Gasteiger partial charge on any atom is -0.465 e. The number of fused-ring (bicyclic) bond motifs is 3. The molecular formula is C30H37N5O5S. The van der Waals surface area contributed by atoms with E-state index in [1.165, 1.54) is 0 Å². The number of amides is 2. The van der Waals surface area contributed by atoms with Crippen molar-refractivity contribution in [1.29, 1.82) is 0 Å². The Hall–Kier alpha value is -3.18. The smallest absolute Gasteiger partial charge is 0.311 e. The molecule has 1 aromatic carbocycles. The summed E-state index contributed by atoms with van der Waals surface area (Å²) in [4.78, 5) is 46.0. The predicted octanol–water partition coefficient (Wildman–Crippen LogP) is 2.92. The number of esters is 1. The molecule has 2 fully saturated rings. The first-order valence-corrected chi connectivity index (χ1v) is 15.4. The molecule has 218 valence electrons. The normalized spacial score (nSPS) is 32.4. The first-order valence-electron chi connectivity index (χ1n) is 14.6. The van der Waals surface area contributed by atoms with E-state index in [0.29, 0.717) is 32.5 Å². The lowest BCUT2D eigenvalue weighted by Crippen LogP contribution is -2.53. The SMILES string of the molecule is C[C@]12/C=C\CCCCOC(=O)[C@H]1[C@H]1C(=O)N(CCCCCO)C3C(=O)N(Cn4nnc5ccccc54)CC=C[C@@]31S2. The molecule has 11 heteroatoms. The molecule has 0 saturated carbocycles. The Morgan fingerprint density at radius 1 is 1.05 bits per heavy atom. The number of thioether (sulfide) groups is 1. The maximum absolute atomic E-state index is 14.6. The average Bonchev–Trinajstić information content (AvgIpc) is 3.52. The van der Waals surface area contributed by atoms with Gasteiger partial charge in [-0.05, 0) is 57.6 Å². The van der Waals surface area contributed by atoms with Gasteiger partial charge in [0.05, 0.1) is 28.7 Å². The van der Waals surface area contributed by atoms with Gasteiger partial charge in [0.15, 0.2) is 0 Å². The van der Waals surface area contributed by atoms with Crippen molar-refractivity contribution in [2.75, 3.05) is 26.3 Å². The van der Waals surface area contributed by atoms with Crippen LogP contribution in [0.3, 0.4) is 0 Å². The summed E-state index contributed by atoms with van der Waals surface area (Å²) in [5.74, 6) is -2.12. The molecule has 5 heterocycles. The van der Waals surface area contributed by atoms with E-state index in [2.05, 4.69) is 22.5 Å². The topological polar surface area (TPSA) is 118 Å². The third-order valence-electron chi connectivity index (χ3n) is 8.87. The summed E-state index contributed by atoms with van der Waals surface area (Å²) >= 11 is 1.56. The van der Waals surface area contributed by atoms with Gasteiger partial charge in [0, 0.05) is 24.4 Å². The fourth-order valence-electron chi connectivity index (χ4n) is 6.97. The molecule has 1 spiro atoms. The van der Waals surface area contributed by atoms with Crippen molar-refractivity contribution in [3.8, 4) is 0 Å². The molecule has 4 aliphatic rings. The van der Waals surface area contributed by atoms with E-state index in [1.54, 1.807) is 26.2 Å². The van der Waals surface area contributed by atoms with Crippen molar-refractivity contribution in [2.45, 2.75) is 67.7 Å². The second-order valence-electron chi connectivity index (χ2n) is 11.6. The molecule has 0 bridgehead atoms. The molecule has 2 amide bonds. The van der Waals surface area contributed by atoms with Gasteiger partial charge in [-0.15, -0.1) is 16.9 Å². The molecular weight excluding hydrogens is 542 g/mol. The fourth-order valence-corrected chi connectivity index (χ4v) is 9.12. The van der Waals surface area contributed by atoms with Crippen LogP contribution in [0.2, 0.25) is 0 Å². The van der Waals surface area contributed by atoms with Gasteiger partial charge in [0.2, 0.25) is 11.8 Å². The number of cyclic esters (lactones) is 1. The van der Waals surface area contributed by atoms with Crippen molar-refractivity contribution < 1.29 is 24.2 Å². The Morgan fingerprint density at radius 2 is 1.90 bits per heavy atom. The number of carbonyl (C=O) groups excluding carboxylic acids is 3. The quantitative estimate of drug-likeness (QED) is 0.302. The highest BCUT2D eigenvalue weighted by molar-refractivity contribution is 8.02. The lowest BCUT2D eigenvalue weighted by molar-refractivity contribution is -0.154. The third kappa shape index (κ3) is 4.76. The fraction of sp³-hybridized carbons (Fsp3) is 0.567. The highest BCUT2D eigenvalue weighted by Crippen LogP contribution is 2.65. The van der Waals surface area contributed by atoms with E-state index in [-0.39, 0.29) is 31.1 Å². The largest absolute Gasteiger partial charge is 0.465 e. The monoisotopic (exact) mass is 579 g/mol. The molecule has 1 N–H and O–H groups in total. The van der Waals surface area contributed by atoms with E-state index < -0.39 is 27.4 Å². The number of carbonyl (C=O) groups is 3. The van der Waals surface area contributed by atoms with Crippen LogP contribution in [0, 0.1) is 11.8 Å². The number of aromatic nitrogens is 3. The number of unbranched alkanes of at least 4 members (excludes halogenated alkanes) is 2. The van der Waals surface area contributed by atoms with Crippen LogP contribution < -0.4 is 0 Å². The van der Waals surface area contributed by atoms with Gasteiger partial charge >= 0.3 is 5.97 Å². The number of benzene rings is 1. The summed E-state index contributed by atoms with van der Waals surface area (Å²) in [6.45, 7) is 3.36. The zero-order valence-corrected chi connectivity index (χ0v) is 24.2. The van der Waals surface area contributed by atoms with Crippen molar-refractivity contribution in [3.63, 3.8) is 0 Å². The first kappa shape index (κ1) is 28.0. The number of ether oxygens (including phenoxy) is 1. The summed E-state index contributed by atoms with van der Waals surface area (Å²) < 4.78 is 5.85. The highest BCUT2D eigenvalue weighted by Gasteiger charge is 2.73. The van der Waals surface area contributed by atoms with Crippen molar-refractivity contribution in [2.24, 2.45) is 11.8 Å². The molecule has 1 aromatic heterocycles. The van der Waals surface area contributed by atoms with Crippen LogP contribution in [0.15, 0.2) is 48.6 Å². The van der Waals surface area contributed by atoms with Crippen molar-refractivity contribution in [1.82, 2.24) is 24.8 Å². The van der Waals surface area contributed by atoms with Crippen LogP contribution in [0.5, 0.6) is 0 Å². The average molecular weight is 580 g/mol. The second kappa shape index (κ2) is 11.2. The van der Waals surface area contributed by atoms with E-state index in [0.717, 1.165) is 36.7 Å². The number of rotatable bonds is 7. The third-order valence-corrected chi connectivity index (χ3v) is 10.7. The number of hydrogen-bond donors (Lipinski definition) is 1. The van der Waals surface area contributed by atoms with Crippen molar-refractivity contribution in [3.05, 3.63) is 48.6 Å². The number of allylic oxidation sites excluding steroid dienone is 1. The summed E-state index contributed by atoms with van der Waals surface area (Å²) in [6.07, 6.45) is 12.8. The number of hydrogen-bond acceptors (Lipinski definition) is 8. The Kier molecular flexibility index (Phi) is 7.67. The van der Waals surface area contributed by atoms with Crippen molar-refractivity contribution >= 4 is 40.6 Å². The molecule has 5 atom stereocenters. The predicted molar refractivity (Wildman–Crippen MR) is 154 cm³/mol. The van der Waals surface area contributed by atoms with Gasteiger partial charge in [-0.2, -0.15) is 0 Å². The first-order chi connectivity index (χ1) is 19.9. The highest BCUT2D eigenvalue weighted by atomic mass is 32.2. The Labute approximate surface area is 243 Å². The summed E-state index contributed by atoms with van der Waals surface area (Å²) in [6, 6.07) is 6.84. The van der Waals surface area contributed by atoms with E-state index in [9.17, 15) is 19.5 Å². The van der Waals surface area contributed by atoms with Gasteiger partial charge in [-0.1, -0.05) is 41.7 Å². The zero-order valence-electron chi connectivity index (χ0n) is 23.4. The zero-order chi connectivity index (χ0) is 28.6. The molecule has 41 heavy (non-hydrogen) atoms. The molecule has 6 rings (SSSR count). The van der Waals surface area contributed by atoms with Crippen LogP contribution in [0.4, 0.5) is 0 Å². The van der Waals surface area contributed by atoms with Gasteiger partial charge in [0.1, 0.15) is 18.2 Å². The van der Waals surface area contributed by atoms with Gasteiger partial charge < -0.3 is 19.6 Å². The molecule has 0 radical (unpaired) electrons. The lowest BCUT2D eigenvalue weighted by Gasteiger charge is -2.37. The molecule has 2 saturated heterocycles. The summed E-state index contributed by atoms with van der Waals surface area (Å²) in [5.41, 5.74) is 1.57. The Balaban J connectivity index is 1.39. The van der Waals surface area contributed by atoms with Gasteiger partial charge in [0.25, 0.3) is 0 Å². The molecule has 2 aromatic rings. The maximum atomic E-state index is 14.6. The van der Waals surface area contributed by atoms with Crippen LogP contribution in [-0.4, -0.2) is 89.5 Å². The molecule has 1 unspecified atom stereocenters. The lowest BCUT2D eigenvalue weighted by atomic mass is 9.74. The van der Waals surface area contributed by atoms with Crippen LogP contribution in [0.25, 0.3) is 11.0 Å². The van der Waals surface area contributed by atoms with E-state index in [1.807, 2.05) is 43.3 Å². The Bertz CT molecular complexity index is 1390. The molecule has 0 aliphatic carbocycles. The number of para-hydroxylation sites is 1. The minimum atomic E-state index is -0.916. The number of aliphatic hydroxyl groups is 1. The van der Waals surface area contributed by atoms with Crippen LogP contribution >= 0.6 is 11.8 Å². The van der Waals surface area contributed by atoms with E-state index in [4.69, 9.17) is 4.74 Å². The Morgan fingerprint density at radius 3 is 2.76 bits per heavy atom. The second-order valence-corrected chi connectivity index (χ2v) is 13.4. The standard InChI is InChI=1S/C30H37N5O5S/c1-29-14-7-2-3-10-19-40-28(39)24(29)23-26(37)34(17-8-4-9-18-36)25-27(38)33(16-11-15-30(23,25)41-29)20-35-22-13-6-5-12-21(22)31-32-35/h5-7,11-15,23-25,36H,2-4,8-10,16-20H2,1H3/b14-7-/t23-,24+,25?,29-,30-/m0/s1.